The van der Waals surface area contributed by atoms with E-state index in [2.05, 4.69) is 9.80 Å². The van der Waals surface area contributed by atoms with E-state index < -0.39 is 20.5 Å². The molecule has 4 rings (SSSR count). The molecule has 0 aromatic heterocycles. The van der Waals surface area contributed by atoms with Crippen LogP contribution in [-0.2, 0) is 19.4 Å². The second kappa shape index (κ2) is 12.4. The maximum Gasteiger partial charge on any atom is 0.265 e. The standard InChI is InChI=1S/C27H37N3O6S/c1-35-20-18-30-16-12-27(13-17-30,26(31)28-32)37(33,34)25-10-6-23(7-11-25)22-4-8-24(9-5-22)36-21-19-29-14-2-3-15-29/h4-11,32H,2-3,12-21H2,1H3,(H,28,31). The summed E-state index contributed by atoms with van der Waals surface area (Å²) in [7, 11) is -2.44. The van der Waals surface area contributed by atoms with Crippen LogP contribution in [0.5, 0.6) is 5.75 Å². The smallest absolute Gasteiger partial charge is 0.265 e. The van der Waals surface area contributed by atoms with Crippen molar-refractivity contribution in [3.05, 3.63) is 48.5 Å². The molecule has 2 saturated heterocycles. The first-order valence-electron chi connectivity index (χ1n) is 12.9. The third-order valence-corrected chi connectivity index (χ3v) is 10.0. The van der Waals surface area contributed by atoms with Gasteiger partial charge in [0.05, 0.1) is 11.5 Å². The molecule has 0 aliphatic carbocycles. The summed E-state index contributed by atoms with van der Waals surface area (Å²) in [6.45, 7) is 5.89. The van der Waals surface area contributed by atoms with Gasteiger partial charge in [0.15, 0.2) is 14.6 Å². The topological polar surface area (TPSA) is 108 Å². The summed E-state index contributed by atoms with van der Waals surface area (Å²) in [5.74, 6) is -0.0840. The Bertz CT molecular complexity index is 1120. The predicted molar refractivity (Wildman–Crippen MR) is 140 cm³/mol. The van der Waals surface area contributed by atoms with Crippen molar-refractivity contribution in [2.75, 3.05) is 59.6 Å². The molecular weight excluding hydrogens is 494 g/mol. The van der Waals surface area contributed by atoms with Gasteiger partial charge in [0.2, 0.25) is 0 Å². The molecule has 0 spiro atoms. The largest absolute Gasteiger partial charge is 0.492 e. The number of hydrogen-bond donors (Lipinski definition) is 2. The minimum absolute atomic E-state index is 0.0621. The van der Waals surface area contributed by atoms with Crippen molar-refractivity contribution in [1.29, 1.82) is 0 Å². The number of rotatable bonds is 11. The van der Waals surface area contributed by atoms with Gasteiger partial charge < -0.3 is 14.4 Å². The normalized spacial score (nSPS) is 18.5. The first-order chi connectivity index (χ1) is 17.9. The van der Waals surface area contributed by atoms with Gasteiger partial charge >= 0.3 is 0 Å². The summed E-state index contributed by atoms with van der Waals surface area (Å²) in [6, 6.07) is 14.3. The van der Waals surface area contributed by atoms with Crippen LogP contribution in [0.2, 0.25) is 0 Å². The highest BCUT2D eigenvalue weighted by atomic mass is 32.2. The van der Waals surface area contributed by atoms with Crippen molar-refractivity contribution in [2.45, 2.75) is 35.3 Å². The van der Waals surface area contributed by atoms with Crippen LogP contribution in [0.25, 0.3) is 11.1 Å². The fourth-order valence-electron chi connectivity index (χ4n) is 5.17. The zero-order valence-electron chi connectivity index (χ0n) is 21.4. The van der Waals surface area contributed by atoms with Crippen molar-refractivity contribution >= 4 is 15.7 Å². The Morgan fingerprint density at radius 1 is 0.892 bits per heavy atom. The molecule has 9 nitrogen and oxygen atoms in total. The number of benzene rings is 2. The van der Waals surface area contributed by atoms with Crippen molar-refractivity contribution in [2.24, 2.45) is 0 Å². The van der Waals surface area contributed by atoms with E-state index in [0.29, 0.717) is 32.8 Å². The Balaban J connectivity index is 1.44. The molecule has 0 saturated carbocycles. The Hall–Kier alpha value is -2.50. The molecule has 0 bridgehead atoms. The summed E-state index contributed by atoms with van der Waals surface area (Å²) in [5.41, 5.74) is 3.40. The molecule has 2 aromatic rings. The number of likely N-dealkylation sites (tertiary alicyclic amines) is 2. The Morgan fingerprint density at radius 3 is 2.00 bits per heavy atom. The molecule has 2 aromatic carbocycles. The number of ether oxygens (including phenoxy) is 2. The van der Waals surface area contributed by atoms with Gasteiger partial charge in [-0.2, -0.15) is 0 Å². The van der Waals surface area contributed by atoms with E-state index in [-0.39, 0.29) is 17.7 Å². The van der Waals surface area contributed by atoms with Crippen LogP contribution in [0.15, 0.2) is 53.4 Å². The van der Waals surface area contributed by atoms with Crippen molar-refractivity contribution in [1.82, 2.24) is 15.3 Å². The van der Waals surface area contributed by atoms with Crippen LogP contribution in [0.1, 0.15) is 25.7 Å². The molecule has 37 heavy (non-hydrogen) atoms. The number of hydrogen-bond acceptors (Lipinski definition) is 8. The number of carbonyl (C=O) groups excluding carboxylic acids is 1. The van der Waals surface area contributed by atoms with Gasteiger partial charge in [0, 0.05) is 33.3 Å². The van der Waals surface area contributed by atoms with Crippen molar-refractivity contribution < 1.29 is 27.9 Å². The summed E-state index contributed by atoms with van der Waals surface area (Å²) in [4.78, 5) is 17.2. The third-order valence-electron chi connectivity index (χ3n) is 7.53. The van der Waals surface area contributed by atoms with Crippen LogP contribution in [0.3, 0.4) is 0 Å². The van der Waals surface area contributed by atoms with Crippen LogP contribution in [-0.4, -0.2) is 93.7 Å². The monoisotopic (exact) mass is 531 g/mol. The number of amides is 1. The number of sulfone groups is 1. The van der Waals surface area contributed by atoms with E-state index in [1.54, 1.807) is 24.7 Å². The number of methoxy groups -OCH3 is 1. The van der Waals surface area contributed by atoms with E-state index in [1.807, 2.05) is 24.3 Å². The number of hydroxylamine groups is 1. The Kier molecular flexibility index (Phi) is 9.20. The Labute approximate surface area is 219 Å². The van der Waals surface area contributed by atoms with Gasteiger partial charge in [-0.05, 0) is 74.2 Å². The number of nitrogens with one attached hydrogen (secondary N) is 1. The van der Waals surface area contributed by atoms with Crippen LogP contribution in [0.4, 0.5) is 0 Å². The zero-order chi connectivity index (χ0) is 26.3. The van der Waals surface area contributed by atoms with E-state index in [9.17, 15) is 18.4 Å². The lowest BCUT2D eigenvalue weighted by Gasteiger charge is -2.39. The first kappa shape index (κ1) is 27.5. The SMILES string of the molecule is COCCN1CCC(C(=O)NO)(S(=O)(=O)c2ccc(-c3ccc(OCCN4CCCC4)cc3)cc2)CC1. The fraction of sp³-hybridized carbons (Fsp3) is 0.519. The second-order valence-electron chi connectivity index (χ2n) is 9.72. The van der Waals surface area contributed by atoms with Gasteiger partial charge in [0.1, 0.15) is 12.4 Å². The molecule has 202 valence electrons. The molecular formula is C27H37N3O6S. The van der Waals surface area contributed by atoms with Crippen LogP contribution in [0, 0.1) is 0 Å². The van der Waals surface area contributed by atoms with Gasteiger partial charge in [-0.1, -0.05) is 24.3 Å². The van der Waals surface area contributed by atoms with Crippen LogP contribution < -0.4 is 10.2 Å². The van der Waals surface area contributed by atoms with Gasteiger partial charge in [0.25, 0.3) is 5.91 Å². The Morgan fingerprint density at radius 2 is 1.43 bits per heavy atom. The highest BCUT2D eigenvalue weighted by Crippen LogP contribution is 2.36. The van der Waals surface area contributed by atoms with Gasteiger partial charge in [-0.3, -0.25) is 14.9 Å². The lowest BCUT2D eigenvalue weighted by molar-refractivity contribution is -0.133. The molecule has 2 fully saturated rings. The third kappa shape index (κ3) is 6.15. The lowest BCUT2D eigenvalue weighted by atomic mass is 9.95. The average Bonchev–Trinajstić information content (AvgIpc) is 3.46. The highest BCUT2D eigenvalue weighted by molar-refractivity contribution is 7.93. The minimum Gasteiger partial charge on any atom is -0.492 e. The summed E-state index contributed by atoms with van der Waals surface area (Å²) in [5, 5.41) is 9.38. The number of nitrogens with zero attached hydrogens (tertiary/aromatic N) is 2. The molecule has 2 aliphatic heterocycles. The first-order valence-corrected chi connectivity index (χ1v) is 14.3. The molecule has 10 heteroatoms. The maximum atomic E-state index is 13.7. The predicted octanol–water partition coefficient (Wildman–Crippen LogP) is 2.59. The van der Waals surface area contributed by atoms with Crippen LogP contribution >= 0.6 is 0 Å². The molecule has 2 N–H and O–H groups in total. The van der Waals surface area contributed by atoms with Gasteiger partial charge in [-0.25, -0.2) is 13.9 Å². The molecule has 2 heterocycles. The molecule has 0 radical (unpaired) electrons. The quantitative estimate of drug-likeness (QED) is 0.337. The van der Waals surface area contributed by atoms with E-state index in [0.717, 1.165) is 36.5 Å². The van der Waals surface area contributed by atoms with Gasteiger partial charge in [-0.15, -0.1) is 0 Å². The van der Waals surface area contributed by atoms with E-state index in [1.165, 1.54) is 25.0 Å². The molecule has 1 amide bonds. The average molecular weight is 532 g/mol. The summed E-state index contributed by atoms with van der Waals surface area (Å²) < 4.78 is 36.6. The second-order valence-corrected chi connectivity index (χ2v) is 12.0. The minimum atomic E-state index is -4.06. The molecule has 2 aliphatic rings. The number of carbonyl (C=O) groups is 1. The van der Waals surface area contributed by atoms with E-state index in [4.69, 9.17) is 9.47 Å². The number of piperidine rings is 1. The molecule has 0 unspecified atom stereocenters. The highest BCUT2D eigenvalue weighted by Gasteiger charge is 2.52. The van der Waals surface area contributed by atoms with Crippen molar-refractivity contribution in [3.63, 3.8) is 0 Å². The lowest BCUT2D eigenvalue weighted by Crippen LogP contribution is -2.58. The summed E-state index contributed by atoms with van der Waals surface area (Å²) in [6.07, 6.45) is 2.70. The van der Waals surface area contributed by atoms with Crippen molar-refractivity contribution in [3.8, 4) is 16.9 Å². The zero-order valence-corrected chi connectivity index (χ0v) is 22.2. The van der Waals surface area contributed by atoms with E-state index >= 15 is 0 Å². The maximum absolute atomic E-state index is 13.7. The molecule has 0 atom stereocenters. The fourth-order valence-corrected chi connectivity index (χ4v) is 7.13. The summed E-state index contributed by atoms with van der Waals surface area (Å²) >= 11 is 0.